The maximum absolute atomic E-state index is 6.20. The molecule has 3 rings (SSSR count). The van der Waals surface area contributed by atoms with Crippen molar-refractivity contribution in [3.63, 3.8) is 0 Å². The van der Waals surface area contributed by atoms with Crippen molar-refractivity contribution >= 4 is 0 Å². The molecule has 0 aromatic heterocycles. The average molecular weight is 294 g/mol. The van der Waals surface area contributed by atoms with E-state index in [1.54, 1.807) is 0 Å². The number of hydrogen-bond donors (Lipinski definition) is 1. The molecule has 1 N–H and O–H groups in total. The van der Waals surface area contributed by atoms with Crippen LogP contribution < -0.4 is 5.32 Å². The Bertz CT molecular complexity index is 317. The first-order valence-electron chi connectivity index (χ1n) is 9.28. The third-order valence-corrected chi connectivity index (χ3v) is 5.96. The van der Waals surface area contributed by atoms with Gasteiger partial charge in [0.25, 0.3) is 0 Å². The maximum atomic E-state index is 6.20. The first-order valence-corrected chi connectivity index (χ1v) is 9.28. The average Bonchev–Trinajstić information content (AvgIpc) is 2.93. The summed E-state index contributed by atoms with van der Waals surface area (Å²) >= 11 is 0. The van der Waals surface area contributed by atoms with E-state index in [4.69, 9.17) is 4.74 Å². The molecule has 122 valence electrons. The maximum Gasteiger partial charge on any atom is 0.0697 e. The van der Waals surface area contributed by atoms with Gasteiger partial charge in [0.05, 0.1) is 5.60 Å². The Kier molecular flexibility index (Phi) is 5.23. The number of nitrogens with one attached hydrogen (secondary N) is 1. The standard InChI is InChI=1S/C18H34N2O/c1-15(2)19-14-16-5-10-20(11-6-16)17-7-12-21-18(13-17)8-3-4-9-18/h15-17,19H,3-14H2,1-2H3. The van der Waals surface area contributed by atoms with Crippen molar-refractivity contribution < 1.29 is 4.74 Å². The molecule has 3 aliphatic rings. The fourth-order valence-electron chi connectivity index (χ4n) is 4.61. The summed E-state index contributed by atoms with van der Waals surface area (Å²) in [6.07, 6.45) is 10.7. The van der Waals surface area contributed by atoms with Gasteiger partial charge in [-0.3, -0.25) is 0 Å². The topological polar surface area (TPSA) is 24.5 Å². The number of piperidine rings is 1. The van der Waals surface area contributed by atoms with Gasteiger partial charge in [0.2, 0.25) is 0 Å². The zero-order chi connectivity index (χ0) is 14.7. The molecule has 0 bridgehead atoms. The molecule has 3 heteroatoms. The van der Waals surface area contributed by atoms with Crippen molar-refractivity contribution in [2.75, 3.05) is 26.2 Å². The smallest absolute Gasteiger partial charge is 0.0697 e. The molecule has 1 aliphatic carbocycles. The molecule has 2 aliphatic heterocycles. The van der Waals surface area contributed by atoms with Crippen LogP contribution in [0.3, 0.4) is 0 Å². The summed E-state index contributed by atoms with van der Waals surface area (Å²) in [7, 11) is 0. The van der Waals surface area contributed by atoms with Crippen molar-refractivity contribution in [2.45, 2.75) is 82.9 Å². The van der Waals surface area contributed by atoms with E-state index in [1.165, 1.54) is 71.0 Å². The van der Waals surface area contributed by atoms with Crippen LogP contribution in [0.5, 0.6) is 0 Å². The molecule has 0 radical (unpaired) electrons. The van der Waals surface area contributed by atoms with Crippen molar-refractivity contribution in [3.8, 4) is 0 Å². The van der Waals surface area contributed by atoms with Crippen LogP contribution in [0.1, 0.15) is 65.2 Å². The molecule has 1 unspecified atom stereocenters. The van der Waals surface area contributed by atoms with Crippen LogP contribution >= 0.6 is 0 Å². The minimum absolute atomic E-state index is 0.277. The highest BCUT2D eigenvalue weighted by molar-refractivity contribution is 4.95. The lowest BCUT2D eigenvalue weighted by atomic mass is 9.86. The summed E-state index contributed by atoms with van der Waals surface area (Å²) in [6, 6.07) is 1.43. The van der Waals surface area contributed by atoms with Gasteiger partial charge in [0, 0.05) is 18.7 Å². The van der Waals surface area contributed by atoms with Crippen LogP contribution in [0.2, 0.25) is 0 Å². The minimum Gasteiger partial charge on any atom is -0.375 e. The zero-order valence-corrected chi connectivity index (χ0v) is 14.1. The highest BCUT2D eigenvalue weighted by atomic mass is 16.5. The lowest BCUT2D eigenvalue weighted by Crippen LogP contribution is -2.50. The van der Waals surface area contributed by atoms with Gasteiger partial charge >= 0.3 is 0 Å². The van der Waals surface area contributed by atoms with Gasteiger partial charge < -0.3 is 15.0 Å². The number of ether oxygens (including phenoxy) is 1. The van der Waals surface area contributed by atoms with Gasteiger partial charge in [-0.25, -0.2) is 0 Å². The van der Waals surface area contributed by atoms with Gasteiger partial charge in [-0.2, -0.15) is 0 Å². The summed E-state index contributed by atoms with van der Waals surface area (Å²) in [5.41, 5.74) is 0.277. The van der Waals surface area contributed by atoms with Crippen molar-refractivity contribution in [2.24, 2.45) is 5.92 Å². The molecule has 0 amide bonds. The Labute approximate surface area is 130 Å². The van der Waals surface area contributed by atoms with Gasteiger partial charge in [-0.05, 0) is 64.1 Å². The minimum atomic E-state index is 0.277. The van der Waals surface area contributed by atoms with E-state index in [-0.39, 0.29) is 5.60 Å². The predicted molar refractivity (Wildman–Crippen MR) is 87.6 cm³/mol. The lowest BCUT2D eigenvalue weighted by Gasteiger charge is -2.45. The van der Waals surface area contributed by atoms with E-state index < -0.39 is 0 Å². The number of hydrogen-bond acceptors (Lipinski definition) is 3. The van der Waals surface area contributed by atoms with Crippen molar-refractivity contribution in [1.82, 2.24) is 10.2 Å². The van der Waals surface area contributed by atoms with E-state index in [0.29, 0.717) is 6.04 Å². The van der Waals surface area contributed by atoms with Crippen molar-refractivity contribution in [1.29, 1.82) is 0 Å². The van der Waals surface area contributed by atoms with Crippen LogP contribution in [0, 0.1) is 5.92 Å². The Morgan fingerprint density at radius 1 is 1.14 bits per heavy atom. The molecule has 3 fully saturated rings. The molecule has 1 saturated carbocycles. The van der Waals surface area contributed by atoms with Crippen LogP contribution in [-0.2, 0) is 4.74 Å². The second kappa shape index (κ2) is 6.97. The number of nitrogens with zero attached hydrogens (tertiary/aromatic N) is 1. The Balaban J connectivity index is 1.45. The second-order valence-corrected chi connectivity index (χ2v) is 7.93. The fraction of sp³-hybridized carbons (Fsp3) is 1.00. The van der Waals surface area contributed by atoms with Gasteiger partial charge in [0.15, 0.2) is 0 Å². The third-order valence-electron chi connectivity index (χ3n) is 5.96. The zero-order valence-electron chi connectivity index (χ0n) is 14.1. The molecule has 2 heterocycles. The van der Waals surface area contributed by atoms with E-state index >= 15 is 0 Å². The highest BCUT2D eigenvalue weighted by Gasteiger charge is 2.41. The van der Waals surface area contributed by atoms with E-state index in [1.807, 2.05) is 0 Å². The summed E-state index contributed by atoms with van der Waals surface area (Å²) in [4.78, 5) is 2.79. The van der Waals surface area contributed by atoms with E-state index in [2.05, 4.69) is 24.1 Å². The summed E-state index contributed by atoms with van der Waals surface area (Å²) < 4.78 is 6.20. The third kappa shape index (κ3) is 4.00. The first kappa shape index (κ1) is 15.8. The van der Waals surface area contributed by atoms with Gasteiger partial charge in [-0.15, -0.1) is 0 Å². The molecule has 1 atom stereocenters. The van der Waals surface area contributed by atoms with Crippen LogP contribution in [0.15, 0.2) is 0 Å². The lowest BCUT2D eigenvalue weighted by molar-refractivity contribution is -0.104. The Hall–Kier alpha value is -0.120. The van der Waals surface area contributed by atoms with E-state index in [0.717, 1.165) is 18.6 Å². The Morgan fingerprint density at radius 2 is 1.86 bits per heavy atom. The molecule has 0 aromatic carbocycles. The largest absolute Gasteiger partial charge is 0.375 e. The Morgan fingerprint density at radius 3 is 2.52 bits per heavy atom. The normalized spacial score (nSPS) is 31.3. The summed E-state index contributed by atoms with van der Waals surface area (Å²) in [6.45, 7) is 9.33. The number of rotatable bonds is 4. The van der Waals surface area contributed by atoms with E-state index in [9.17, 15) is 0 Å². The molecule has 0 aromatic rings. The van der Waals surface area contributed by atoms with Crippen LogP contribution in [0.4, 0.5) is 0 Å². The molecule has 2 saturated heterocycles. The van der Waals surface area contributed by atoms with Crippen molar-refractivity contribution in [3.05, 3.63) is 0 Å². The number of likely N-dealkylation sites (tertiary alicyclic amines) is 1. The van der Waals surface area contributed by atoms with Crippen LogP contribution in [-0.4, -0.2) is 48.8 Å². The summed E-state index contributed by atoms with van der Waals surface area (Å²) in [5.74, 6) is 0.893. The quantitative estimate of drug-likeness (QED) is 0.862. The second-order valence-electron chi connectivity index (χ2n) is 7.93. The fourth-order valence-corrected chi connectivity index (χ4v) is 4.61. The van der Waals surface area contributed by atoms with Gasteiger partial charge in [-0.1, -0.05) is 26.7 Å². The summed E-state index contributed by atoms with van der Waals surface area (Å²) in [5, 5.41) is 3.61. The molecular weight excluding hydrogens is 260 g/mol. The molecule has 3 nitrogen and oxygen atoms in total. The van der Waals surface area contributed by atoms with Gasteiger partial charge in [0.1, 0.15) is 0 Å². The molecule has 1 spiro atoms. The monoisotopic (exact) mass is 294 g/mol. The van der Waals surface area contributed by atoms with Crippen LogP contribution in [0.25, 0.3) is 0 Å². The molecule has 21 heavy (non-hydrogen) atoms. The highest BCUT2D eigenvalue weighted by Crippen LogP contribution is 2.41. The SMILES string of the molecule is CC(C)NCC1CCN(C2CCOC3(CCCC3)C2)CC1. The predicted octanol–water partition coefficient (Wildman–Crippen LogP) is 3.19. The first-order chi connectivity index (χ1) is 10.2. The molecular formula is C18H34N2O.